The number of allylic oxidation sites excluding steroid dienone is 1. The second-order valence-electron chi connectivity index (χ2n) is 4.39. The van der Waals surface area contributed by atoms with Gasteiger partial charge >= 0.3 is 0 Å². The molecule has 2 heteroatoms. The van der Waals surface area contributed by atoms with Gasteiger partial charge in [-0.05, 0) is 12.5 Å². The molecule has 1 rings (SSSR count). The Morgan fingerprint density at radius 2 is 1.41 bits per heavy atom. The molecule has 1 aromatic carbocycles. The summed E-state index contributed by atoms with van der Waals surface area (Å²) in [5.41, 5.74) is 1.26. The average Bonchev–Trinajstić information content (AvgIpc) is 2.18. The zero-order valence-corrected chi connectivity index (χ0v) is 12.4. The van der Waals surface area contributed by atoms with Crippen molar-refractivity contribution < 1.29 is 0 Å². The third-order valence-electron chi connectivity index (χ3n) is 1.83. The van der Waals surface area contributed by atoms with Gasteiger partial charge < -0.3 is 5.32 Å². The summed E-state index contributed by atoms with van der Waals surface area (Å²) < 4.78 is 0. The fourth-order valence-electron chi connectivity index (χ4n) is 1.42. The molecule has 17 heavy (non-hydrogen) atoms. The van der Waals surface area contributed by atoms with Crippen molar-refractivity contribution in [2.45, 2.75) is 46.7 Å². The molecule has 0 bridgehead atoms. The summed E-state index contributed by atoms with van der Waals surface area (Å²) in [4.78, 5) is 0. The summed E-state index contributed by atoms with van der Waals surface area (Å²) in [6.45, 7) is 10.6. The van der Waals surface area contributed by atoms with Crippen LogP contribution in [0.3, 0.4) is 0 Å². The minimum Gasteiger partial charge on any atom is -0.312 e. The molecule has 0 aliphatic carbocycles. The van der Waals surface area contributed by atoms with Crippen LogP contribution in [0.4, 0.5) is 0 Å². The summed E-state index contributed by atoms with van der Waals surface area (Å²) >= 11 is 0. The summed E-state index contributed by atoms with van der Waals surface area (Å²) in [7, 11) is 0. The molecular formula is C15H26ClN. The second-order valence-corrected chi connectivity index (χ2v) is 4.39. The topological polar surface area (TPSA) is 12.0 Å². The first-order chi connectivity index (χ1) is 7.56. The lowest BCUT2D eigenvalue weighted by atomic mass is 10.2. The molecule has 98 valence electrons. The first-order valence-electron chi connectivity index (χ1n) is 6.00. The van der Waals surface area contributed by atoms with Crippen LogP contribution in [0.25, 0.3) is 6.08 Å². The summed E-state index contributed by atoms with van der Waals surface area (Å²) in [5.74, 6) is 0. The van der Waals surface area contributed by atoms with Gasteiger partial charge in [-0.25, -0.2) is 0 Å². The van der Waals surface area contributed by atoms with E-state index in [0.717, 1.165) is 0 Å². The van der Waals surface area contributed by atoms with Gasteiger partial charge in [0.1, 0.15) is 0 Å². The van der Waals surface area contributed by atoms with E-state index in [9.17, 15) is 0 Å². The van der Waals surface area contributed by atoms with Crippen LogP contribution < -0.4 is 5.32 Å². The fraction of sp³-hybridized carbons (Fsp3) is 0.467. The van der Waals surface area contributed by atoms with Gasteiger partial charge in [0.05, 0.1) is 0 Å². The Hall–Kier alpha value is -0.790. The highest BCUT2D eigenvalue weighted by atomic mass is 35.5. The number of rotatable bonds is 3. The van der Waals surface area contributed by atoms with Crippen molar-refractivity contribution >= 4 is 18.5 Å². The standard InChI is InChI=1S/C9H10.C6H15N.ClH/c1-2-6-9-7-4-3-5-8-9;1-5(2)7-6(3)4;/h2-8H,1H3;5-7H,1-4H3;1H. The summed E-state index contributed by atoms with van der Waals surface area (Å²) in [6, 6.07) is 11.5. The third-order valence-corrected chi connectivity index (χ3v) is 1.83. The smallest absolute Gasteiger partial charge is 0.00127 e. The molecule has 0 saturated heterocycles. The van der Waals surface area contributed by atoms with Gasteiger partial charge in [0.25, 0.3) is 0 Å². The maximum atomic E-state index is 3.31. The predicted octanol–water partition coefficient (Wildman–Crippen LogP) is 4.53. The Morgan fingerprint density at radius 3 is 1.71 bits per heavy atom. The molecule has 0 fully saturated rings. The maximum absolute atomic E-state index is 3.31. The van der Waals surface area contributed by atoms with Crippen molar-refractivity contribution in [3.63, 3.8) is 0 Å². The molecule has 0 heterocycles. The molecule has 0 atom stereocenters. The SMILES string of the molecule is CC(C)NC(C)C.CC=Cc1ccccc1.Cl. The molecular weight excluding hydrogens is 230 g/mol. The van der Waals surface area contributed by atoms with Crippen molar-refractivity contribution in [1.82, 2.24) is 5.32 Å². The van der Waals surface area contributed by atoms with Crippen molar-refractivity contribution in [3.8, 4) is 0 Å². The molecule has 0 amide bonds. The van der Waals surface area contributed by atoms with Crippen molar-refractivity contribution in [3.05, 3.63) is 42.0 Å². The molecule has 0 saturated carbocycles. The minimum atomic E-state index is 0. The Kier molecular flexibility index (Phi) is 12.8. The van der Waals surface area contributed by atoms with Crippen LogP contribution in [0.1, 0.15) is 40.2 Å². The summed E-state index contributed by atoms with van der Waals surface area (Å²) in [6.07, 6.45) is 4.12. The zero-order chi connectivity index (χ0) is 12.4. The van der Waals surface area contributed by atoms with Crippen LogP contribution in [0, 0.1) is 0 Å². The quantitative estimate of drug-likeness (QED) is 0.837. The van der Waals surface area contributed by atoms with Crippen molar-refractivity contribution in [2.75, 3.05) is 0 Å². The van der Waals surface area contributed by atoms with E-state index in [4.69, 9.17) is 0 Å². The Morgan fingerprint density at radius 1 is 0.941 bits per heavy atom. The van der Waals surface area contributed by atoms with Gasteiger partial charge in [-0.2, -0.15) is 0 Å². The highest BCUT2D eigenvalue weighted by molar-refractivity contribution is 5.85. The van der Waals surface area contributed by atoms with Crippen LogP contribution in [0.5, 0.6) is 0 Å². The number of hydrogen-bond acceptors (Lipinski definition) is 1. The molecule has 0 unspecified atom stereocenters. The molecule has 0 radical (unpaired) electrons. The fourth-order valence-corrected chi connectivity index (χ4v) is 1.42. The van der Waals surface area contributed by atoms with E-state index >= 15 is 0 Å². The summed E-state index contributed by atoms with van der Waals surface area (Å²) in [5, 5.41) is 3.31. The molecule has 0 aliphatic rings. The van der Waals surface area contributed by atoms with E-state index < -0.39 is 0 Å². The van der Waals surface area contributed by atoms with Crippen molar-refractivity contribution in [1.29, 1.82) is 0 Å². The van der Waals surface area contributed by atoms with Gasteiger partial charge in [0.15, 0.2) is 0 Å². The van der Waals surface area contributed by atoms with E-state index in [2.05, 4.69) is 51.2 Å². The van der Waals surface area contributed by atoms with E-state index in [1.165, 1.54) is 5.56 Å². The molecule has 0 aliphatic heterocycles. The van der Waals surface area contributed by atoms with Crippen molar-refractivity contribution in [2.24, 2.45) is 0 Å². The molecule has 0 aromatic heterocycles. The molecule has 1 aromatic rings. The van der Waals surface area contributed by atoms with Gasteiger partial charge in [-0.3, -0.25) is 0 Å². The van der Waals surface area contributed by atoms with Crippen LogP contribution in [0.15, 0.2) is 36.4 Å². The van der Waals surface area contributed by atoms with Crippen LogP contribution in [-0.2, 0) is 0 Å². The Bertz CT molecular complexity index is 272. The number of halogens is 1. The molecule has 0 spiro atoms. The number of nitrogens with one attached hydrogen (secondary N) is 1. The molecule has 1 N–H and O–H groups in total. The number of benzene rings is 1. The van der Waals surface area contributed by atoms with Gasteiger partial charge in [0.2, 0.25) is 0 Å². The average molecular weight is 256 g/mol. The largest absolute Gasteiger partial charge is 0.312 e. The highest BCUT2D eigenvalue weighted by Gasteiger charge is 1.92. The predicted molar refractivity (Wildman–Crippen MR) is 81.8 cm³/mol. The van der Waals surface area contributed by atoms with Gasteiger partial charge in [-0.1, -0.05) is 70.2 Å². The van der Waals surface area contributed by atoms with E-state index in [1.54, 1.807) is 0 Å². The Labute approximate surface area is 113 Å². The first kappa shape index (κ1) is 18.6. The normalized spacial score (nSPS) is 10.1. The lowest BCUT2D eigenvalue weighted by Crippen LogP contribution is -2.29. The third kappa shape index (κ3) is 13.1. The monoisotopic (exact) mass is 255 g/mol. The van der Waals surface area contributed by atoms with Crippen LogP contribution >= 0.6 is 12.4 Å². The molecule has 1 nitrogen and oxygen atoms in total. The Balaban J connectivity index is 0. The van der Waals surface area contributed by atoms with E-state index in [1.807, 2.05) is 31.2 Å². The maximum Gasteiger partial charge on any atom is 0.00127 e. The number of hydrogen-bond donors (Lipinski definition) is 1. The lowest BCUT2D eigenvalue weighted by molar-refractivity contribution is 0.518. The lowest BCUT2D eigenvalue weighted by Gasteiger charge is -2.10. The second kappa shape index (κ2) is 11.7. The van der Waals surface area contributed by atoms with Gasteiger partial charge in [0, 0.05) is 12.1 Å². The van der Waals surface area contributed by atoms with Crippen LogP contribution in [0.2, 0.25) is 0 Å². The van der Waals surface area contributed by atoms with E-state index in [-0.39, 0.29) is 12.4 Å². The highest BCUT2D eigenvalue weighted by Crippen LogP contribution is 1.99. The zero-order valence-electron chi connectivity index (χ0n) is 11.6. The van der Waals surface area contributed by atoms with Gasteiger partial charge in [-0.15, -0.1) is 12.4 Å². The first-order valence-corrected chi connectivity index (χ1v) is 6.00. The minimum absolute atomic E-state index is 0. The van der Waals surface area contributed by atoms with Crippen LogP contribution in [-0.4, -0.2) is 12.1 Å². The van der Waals surface area contributed by atoms with E-state index in [0.29, 0.717) is 12.1 Å².